The summed E-state index contributed by atoms with van der Waals surface area (Å²) in [6, 6.07) is 17.6. The molecule has 1 aliphatic rings. The molecule has 0 saturated heterocycles. The lowest BCUT2D eigenvalue weighted by atomic mass is 10.1. The van der Waals surface area contributed by atoms with Crippen LogP contribution in [0.15, 0.2) is 72.0 Å². The third-order valence-corrected chi connectivity index (χ3v) is 5.61. The monoisotopic (exact) mass is 473 g/mol. The molecule has 3 N–H and O–H groups in total. The van der Waals surface area contributed by atoms with Gasteiger partial charge < -0.3 is 25.2 Å². The van der Waals surface area contributed by atoms with Crippen molar-refractivity contribution in [2.24, 2.45) is 4.99 Å². The first-order valence-electron chi connectivity index (χ1n) is 11.2. The van der Waals surface area contributed by atoms with Crippen molar-refractivity contribution in [3.8, 4) is 11.5 Å². The molecule has 0 spiro atoms. The molecule has 0 unspecified atom stereocenters. The number of amidine groups is 1. The van der Waals surface area contributed by atoms with E-state index in [0.29, 0.717) is 24.2 Å². The van der Waals surface area contributed by atoms with Crippen LogP contribution in [-0.4, -0.2) is 39.8 Å². The van der Waals surface area contributed by atoms with Crippen molar-refractivity contribution < 1.29 is 19.0 Å². The Balaban J connectivity index is 1.37. The van der Waals surface area contributed by atoms with E-state index in [9.17, 15) is 9.50 Å². The minimum atomic E-state index is -0.581. The van der Waals surface area contributed by atoms with Crippen LogP contribution in [0.4, 0.5) is 21.6 Å². The zero-order valence-electron chi connectivity index (χ0n) is 19.2. The van der Waals surface area contributed by atoms with Gasteiger partial charge in [-0.05, 0) is 67.9 Å². The van der Waals surface area contributed by atoms with Crippen LogP contribution in [0.25, 0.3) is 10.9 Å². The Morgan fingerprint density at radius 3 is 2.60 bits per heavy atom. The van der Waals surface area contributed by atoms with Gasteiger partial charge in [0, 0.05) is 16.8 Å². The van der Waals surface area contributed by atoms with E-state index >= 15 is 0 Å². The van der Waals surface area contributed by atoms with Gasteiger partial charge in [-0.2, -0.15) is 0 Å². The number of aliphatic hydroxyl groups is 1. The first-order valence-corrected chi connectivity index (χ1v) is 11.2. The van der Waals surface area contributed by atoms with E-state index in [-0.39, 0.29) is 11.8 Å². The lowest BCUT2D eigenvalue weighted by molar-refractivity contribution is 0.145. The Kier molecular flexibility index (Phi) is 6.15. The van der Waals surface area contributed by atoms with Crippen LogP contribution in [-0.2, 0) is 4.74 Å². The number of para-hydroxylation sites is 1. The summed E-state index contributed by atoms with van der Waals surface area (Å²) in [7, 11) is 0. The molecule has 0 saturated carbocycles. The summed E-state index contributed by atoms with van der Waals surface area (Å²) >= 11 is 0. The number of aliphatic imine (C=N–C) groups is 1. The molecule has 2 heterocycles. The first kappa shape index (κ1) is 22.5. The van der Waals surface area contributed by atoms with Gasteiger partial charge in [0.2, 0.25) is 0 Å². The van der Waals surface area contributed by atoms with E-state index in [0.717, 1.165) is 27.8 Å². The van der Waals surface area contributed by atoms with Crippen LogP contribution >= 0.6 is 0 Å². The Morgan fingerprint density at radius 1 is 1.03 bits per heavy atom. The molecule has 0 bridgehead atoms. The highest BCUT2D eigenvalue weighted by atomic mass is 19.1. The van der Waals surface area contributed by atoms with E-state index in [1.54, 1.807) is 31.2 Å². The van der Waals surface area contributed by atoms with Gasteiger partial charge in [0.1, 0.15) is 30.5 Å². The smallest absolute Gasteiger partial charge is 0.289 e. The molecule has 4 aromatic rings. The van der Waals surface area contributed by atoms with E-state index in [2.05, 4.69) is 25.6 Å². The summed E-state index contributed by atoms with van der Waals surface area (Å²) in [5, 5.41) is 17.0. The maximum atomic E-state index is 14.0. The molecule has 5 rings (SSSR count). The number of rotatable bonds is 6. The predicted molar refractivity (Wildman–Crippen MR) is 133 cm³/mol. The molecule has 0 radical (unpaired) electrons. The fraction of sp³-hybridized carbons (Fsp3) is 0.192. The number of benzene rings is 3. The van der Waals surface area contributed by atoms with Crippen molar-refractivity contribution in [3.63, 3.8) is 0 Å². The number of aryl methyl sites for hydroxylation is 1. The number of hydrogen-bond donors (Lipinski definition) is 3. The van der Waals surface area contributed by atoms with Crippen molar-refractivity contribution in [1.82, 2.24) is 9.97 Å². The summed E-state index contributed by atoms with van der Waals surface area (Å²) in [5.74, 6) is 0.944. The van der Waals surface area contributed by atoms with E-state index in [1.165, 1.54) is 12.4 Å². The molecule has 8 nitrogen and oxygen atoms in total. The fourth-order valence-corrected chi connectivity index (χ4v) is 3.69. The maximum absolute atomic E-state index is 14.0. The SMILES string of the molecule is Cc1cc(Nc2ncnc3ccc(NC4=N[C@@H]([C@@H](C)O)CO4)cc23)ccc1Oc1ccccc1F. The van der Waals surface area contributed by atoms with Gasteiger partial charge in [0.15, 0.2) is 11.6 Å². The minimum absolute atomic E-state index is 0.175. The zero-order chi connectivity index (χ0) is 24.4. The number of aromatic nitrogens is 2. The van der Waals surface area contributed by atoms with Crippen molar-refractivity contribution in [3.05, 3.63) is 78.4 Å². The van der Waals surface area contributed by atoms with Gasteiger partial charge in [-0.3, -0.25) is 0 Å². The molecule has 9 heteroatoms. The fourth-order valence-electron chi connectivity index (χ4n) is 3.69. The Hall–Kier alpha value is -4.24. The molecule has 1 aliphatic heterocycles. The average molecular weight is 474 g/mol. The summed E-state index contributed by atoms with van der Waals surface area (Å²) in [6.07, 6.45) is 0.916. The van der Waals surface area contributed by atoms with E-state index < -0.39 is 11.9 Å². The first-order chi connectivity index (χ1) is 17.0. The van der Waals surface area contributed by atoms with Crippen LogP contribution in [0.5, 0.6) is 11.5 Å². The summed E-state index contributed by atoms with van der Waals surface area (Å²) in [4.78, 5) is 13.1. The third kappa shape index (κ3) is 4.99. The Bertz CT molecular complexity index is 1410. The predicted octanol–water partition coefficient (Wildman–Crippen LogP) is 5.16. The highest BCUT2D eigenvalue weighted by Crippen LogP contribution is 2.31. The van der Waals surface area contributed by atoms with Crippen molar-refractivity contribution >= 4 is 34.1 Å². The average Bonchev–Trinajstić information content (AvgIpc) is 3.31. The molecule has 178 valence electrons. The van der Waals surface area contributed by atoms with Crippen LogP contribution in [0, 0.1) is 12.7 Å². The number of nitrogens with one attached hydrogen (secondary N) is 2. The van der Waals surface area contributed by atoms with Crippen LogP contribution in [0.1, 0.15) is 12.5 Å². The van der Waals surface area contributed by atoms with Crippen molar-refractivity contribution in [2.45, 2.75) is 26.0 Å². The second-order valence-corrected chi connectivity index (χ2v) is 8.27. The number of ether oxygens (including phenoxy) is 2. The molecule has 1 aromatic heterocycles. The lowest BCUT2D eigenvalue weighted by Gasteiger charge is -2.13. The van der Waals surface area contributed by atoms with E-state index in [1.807, 2.05) is 37.3 Å². The van der Waals surface area contributed by atoms with Crippen LogP contribution in [0.2, 0.25) is 0 Å². The minimum Gasteiger partial charge on any atom is -0.463 e. The van der Waals surface area contributed by atoms with Crippen molar-refractivity contribution in [1.29, 1.82) is 0 Å². The molecule has 35 heavy (non-hydrogen) atoms. The molecule has 2 atom stereocenters. The van der Waals surface area contributed by atoms with Gasteiger partial charge in [-0.15, -0.1) is 0 Å². The molecule has 3 aromatic carbocycles. The quantitative estimate of drug-likeness (QED) is 0.356. The summed E-state index contributed by atoms with van der Waals surface area (Å²) in [6.45, 7) is 3.91. The Labute approximate surface area is 201 Å². The number of halogens is 1. The summed E-state index contributed by atoms with van der Waals surface area (Å²) < 4.78 is 25.2. The molecule has 0 aliphatic carbocycles. The molecular weight excluding hydrogens is 449 g/mol. The van der Waals surface area contributed by atoms with Gasteiger partial charge in [-0.1, -0.05) is 12.1 Å². The molecule has 0 fully saturated rings. The number of hydrogen-bond acceptors (Lipinski definition) is 8. The Morgan fingerprint density at radius 2 is 1.83 bits per heavy atom. The highest BCUT2D eigenvalue weighted by molar-refractivity contribution is 5.97. The van der Waals surface area contributed by atoms with E-state index in [4.69, 9.17) is 9.47 Å². The number of nitrogens with zero attached hydrogens (tertiary/aromatic N) is 3. The van der Waals surface area contributed by atoms with Gasteiger partial charge in [0.25, 0.3) is 6.02 Å². The zero-order valence-corrected chi connectivity index (χ0v) is 19.2. The summed E-state index contributed by atoms with van der Waals surface area (Å²) in [5.41, 5.74) is 3.15. The molecular formula is C26H24FN5O3. The van der Waals surface area contributed by atoms with Crippen LogP contribution < -0.4 is 15.4 Å². The molecule has 0 amide bonds. The number of aliphatic hydroxyl groups excluding tert-OH is 1. The van der Waals surface area contributed by atoms with Gasteiger partial charge >= 0.3 is 0 Å². The number of fused-ring (bicyclic) bond motifs is 1. The number of anilines is 3. The van der Waals surface area contributed by atoms with Crippen molar-refractivity contribution in [2.75, 3.05) is 17.2 Å². The van der Waals surface area contributed by atoms with Crippen LogP contribution in [0.3, 0.4) is 0 Å². The normalized spacial score (nSPS) is 15.9. The topological polar surface area (TPSA) is 101 Å². The second kappa shape index (κ2) is 9.55. The van der Waals surface area contributed by atoms with Gasteiger partial charge in [0.05, 0.1) is 11.6 Å². The highest BCUT2D eigenvalue weighted by Gasteiger charge is 2.23. The maximum Gasteiger partial charge on any atom is 0.289 e. The lowest BCUT2D eigenvalue weighted by Crippen LogP contribution is -2.21. The van der Waals surface area contributed by atoms with Gasteiger partial charge in [-0.25, -0.2) is 19.4 Å². The largest absolute Gasteiger partial charge is 0.463 e. The third-order valence-electron chi connectivity index (χ3n) is 5.61. The standard InChI is InChI=1S/C26H24FN5O3/c1-15-11-17(8-10-23(15)35-24-6-4-3-5-20(24)27)30-25-19-12-18(7-9-21(19)28-14-29-25)31-26-32-22(13-34-26)16(2)33/h3-12,14,16,22,33H,13H2,1-2H3,(H,31,32)(H,28,29,30)/t16-,22-/m1/s1. The second-order valence-electron chi connectivity index (χ2n) is 8.27.